The predicted octanol–water partition coefficient (Wildman–Crippen LogP) is 2.98. The average molecular weight is 491 g/mol. The van der Waals surface area contributed by atoms with Crippen molar-refractivity contribution in [1.82, 2.24) is 0 Å². The van der Waals surface area contributed by atoms with Crippen molar-refractivity contribution in [3.63, 3.8) is 0 Å². The molecule has 0 spiro atoms. The van der Waals surface area contributed by atoms with Gasteiger partial charge < -0.3 is 24.1 Å². The number of cyclic esters (lactones) is 2. The van der Waals surface area contributed by atoms with E-state index in [0.717, 1.165) is 32.1 Å². The Labute approximate surface area is 206 Å². The Bertz CT molecular complexity index is 865. The number of carboxylic acids is 1. The second-order valence-electron chi connectivity index (χ2n) is 12.2. The number of fused-ring (bicyclic) bond motifs is 4. The molecule has 4 saturated carbocycles. The van der Waals surface area contributed by atoms with Crippen LogP contribution < -0.4 is 0 Å². The fraction of sp³-hybridized carbons (Fsp3) is 0.889. The molecule has 8 nitrogen and oxygen atoms in total. The van der Waals surface area contributed by atoms with Crippen LogP contribution in [0.5, 0.6) is 0 Å². The molecule has 4 aliphatic carbocycles. The van der Waals surface area contributed by atoms with Crippen LogP contribution in [0.1, 0.15) is 46.0 Å². The summed E-state index contributed by atoms with van der Waals surface area (Å²) >= 11 is 0. The van der Waals surface area contributed by atoms with Crippen LogP contribution in [0.25, 0.3) is 0 Å². The number of aliphatic carboxylic acids is 1. The molecule has 6 fully saturated rings. The molecular formula is C27H38O8. The third-order valence-corrected chi connectivity index (χ3v) is 10.8. The van der Waals surface area contributed by atoms with Gasteiger partial charge in [0, 0.05) is 13.0 Å². The van der Waals surface area contributed by atoms with Crippen molar-refractivity contribution >= 4 is 17.9 Å². The topological polar surface area (TPSA) is 108 Å². The van der Waals surface area contributed by atoms with Gasteiger partial charge in [-0.2, -0.15) is 0 Å². The lowest BCUT2D eigenvalue weighted by atomic mass is 9.57. The first kappa shape index (κ1) is 23.9. The molecule has 194 valence electrons. The van der Waals surface area contributed by atoms with Crippen LogP contribution in [0, 0.1) is 71.0 Å². The minimum absolute atomic E-state index is 0.153. The fourth-order valence-electron chi connectivity index (χ4n) is 9.61. The van der Waals surface area contributed by atoms with Gasteiger partial charge in [-0.3, -0.25) is 14.4 Å². The quantitative estimate of drug-likeness (QED) is 0.314. The highest BCUT2D eigenvalue weighted by atomic mass is 16.7. The monoisotopic (exact) mass is 490 g/mol. The lowest BCUT2D eigenvalue weighted by Crippen LogP contribution is -2.45. The molecule has 0 aromatic heterocycles. The van der Waals surface area contributed by atoms with Gasteiger partial charge in [-0.25, -0.2) is 0 Å². The zero-order valence-electron chi connectivity index (χ0n) is 20.7. The van der Waals surface area contributed by atoms with Crippen molar-refractivity contribution in [3.8, 4) is 0 Å². The van der Waals surface area contributed by atoms with E-state index in [2.05, 4.69) is 6.92 Å². The molecule has 2 heterocycles. The first-order valence-electron chi connectivity index (χ1n) is 13.6. The van der Waals surface area contributed by atoms with E-state index in [1.54, 1.807) is 0 Å². The van der Waals surface area contributed by atoms with Gasteiger partial charge in [0.15, 0.2) is 6.29 Å². The van der Waals surface area contributed by atoms with Crippen molar-refractivity contribution in [1.29, 1.82) is 0 Å². The van der Waals surface area contributed by atoms with Gasteiger partial charge in [0.2, 0.25) is 0 Å². The molecule has 35 heavy (non-hydrogen) atoms. The Morgan fingerprint density at radius 3 is 2.31 bits per heavy atom. The molecule has 1 N–H and O–H groups in total. The molecule has 4 bridgehead atoms. The molecule has 0 radical (unpaired) electrons. The van der Waals surface area contributed by atoms with Gasteiger partial charge in [-0.15, -0.1) is 0 Å². The van der Waals surface area contributed by atoms with Gasteiger partial charge in [-0.1, -0.05) is 13.8 Å². The van der Waals surface area contributed by atoms with E-state index < -0.39 is 11.9 Å². The normalized spacial score (nSPS) is 48.9. The summed E-state index contributed by atoms with van der Waals surface area (Å²) < 4.78 is 22.2. The largest absolute Gasteiger partial charge is 0.481 e. The lowest BCUT2D eigenvalue weighted by Gasteiger charge is -2.46. The van der Waals surface area contributed by atoms with Crippen LogP contribution in [0.4, 0.5) is 0 Å². The highest BCUT2D eigenvalue weighted by Crippen LogP contribution is 2.68. The third kappa shape index (κ3) is 3.86. The summed E-state index contributed by atoms with van der Waals surface area (Å²) in [4.78, 5) is 37.0. The molecule has 12 atom stereocenters. The summed E-state index contributed by atoms with van der Waals surface area (Å²) in [6, 6.07) is 0. The van der Waals surface area contributed by atoms with Crippen LogP contribution in [0.3, 0.4) is 0 Å². The maximum absolute atomic E-state index is 12.9. The van der Waals surface area contributed by atoms with Crippen LogP contribution >= 0.6 is 0 Å². The first-order valence-corrected chi connectivity index (χ1v) is 13.6. The zero-order chi connectivity index (χ0) is 24.4. The van der Waals surface area contributed by atoms with Crippen molar-refractivity contribution in [2.75, 3.05) is 26.4 Å². The maximum atomic E-state index is 12.9. The van der Waals surface area contributed by atoms with Crippen LogP contribution in [0.2, 0.25) is 0 Å². The van der Waals surface area contributed by atoms with Crippen molar-refractivity contribution < 1.29 is 38.4 Å². The van der Waals surface area contributed by atoms with Crippen LogP contribution in [0.15, 0.2) is 0 Å². The Morgan fingerprint density at radius 1 is 0.943 bits per heavy atom. The average Bonchev–Trinajstić information content (AvgIpc) is 3.64. The standard InChI is InChI=1S/C27H38O8/c1-12-17-8-15(10-19(17)25(28)29)21(12)24-18-9-14(23(24)22-13(2)26(30)35-27(22)31)7-16(18)11-32-4-3-20-33-5-6-34-20/h12-24H,3-11H2,1-2H3,(H,28,29). The molecule has 2 aliphatic heterocycles. The van der Waals surface area contributed by atoms with Crippen LogP contribution in [-0.4, -0.2) is 55.7 Å². The number of carboxylic acid groups (broad SMARTS) is 1. The third-order valence-electron chi connectivity index (χ3n) is 10.8. The van der Waals surface area contributed by atoms with Gasteiger partial charge in [0.25, 0.3) is 0 Å². The predicted molar refractivity (Wildman–Crippen MR) is 122 cm³/mol. The summed E-state index contributed by atoms with van der Waals surface area (Å²) in [6.07, 6.45) is 4.42. The number of hydrogen-bond donors (Lipinski definition) is 1. The van der Waals surface area contributed by atoms with E-state index in [4.69, 9.17) is 18.9 Å². The number of carbonyl (C=O) groups is 3. The van der Waals surface area contributed by atoms with E-state index >= 15 is 0 Å². The number of hydrogen-bond acceptors (Lipinski definition) is 7. The molecule has 12 unspecified atom stereocenters. The van der Waals surface area contributed by atoms with Crippen molar-refractivity contribution in [2.24, 2.45) is 71.0 Å². The molecule has 6 rings (SSSR count). The van der Waals surface area contributed by atoms with Crippen molar-refractivity contribution in [3.05, 3.63) is 0 Å². The summed E-state index contributed by atoms with van der Waals surface area (Å²) in [5, 5.41) is 9.74. The fourth-order valence-corrected chi connectivity index (χ4v) is 9.61. The lowest BCUT2D eigenvalue weighted by molar-refractivity contribution is -0.154. The Hall–Kier alpha value is -1.51. The second kappa shape index (κ2) is 9.10. The van der Waals surface area contributed by atoms with Crippen LogP contribution in [-0.2, 0) is 33.3 Å². The Kier molecular flexibility index (Phi) is 6.21. The number of rotatable bonds is 8. The summed E-state index contributed by atoms with van der Waals surface area (Å²) in [7, 11) is 0. The first-order chi connectivity index (χ1) is 16.8. The smallest absolute Gasteiger partial charge is 0.317 e. The maximum Gasteiger partial charge on any atom is 0.317 e. The molecule has 2 saturated heterocycles. The number of esters is 2. The SMILES string of the molecule is CC1C(=O)OC(=O)C1C1C2CC(COCCC3OCCO3)C(C2)C1C1C2CC(C(=O)O)C(C2)C1C. The molecule has 0 amide bonds. The summed E-state index contributed by atoms with van der Waals surface area (Å²) in [5.41, 5.74) is 0. The number of ether oxygens (including phenoxy) is 4. The second-order valence-corrected chi connectivity index (χ2v) is 12.2. The van der Waals surface area contributed by atoms with Gasteiger partial charge in [0.1, 0.15) is 0 Å². The molecule has 8 heteroatoms. The van der Waals surface area contributed by atoms with E-state index in [9.17, 15) is 19.5 Å². The van der Waals surface area contributed by atoms with Gasteiger partial charge in [-0.05, 0) is 78.9 Å². The van der Waals surface area contributed by atoms with Crippen molar-refractivity contribution in [2.45, 2.75) is 52.2 Å². The van der Waals surface area contributed by atoms with E-state index in [1.807, 2.05) is 6.92 Å². The highest BCUT2D eigenvalue weighted by molar-refractivity contribution is 5.96. The summed E-state index contributed by atoms with van der Waals surface area (Å²) in [5.74, 6) is 0.748. The van der Waals surface area contributed by atoms with E-state index in [1.165, 1.54) is 0 Å². The molecule has 0 aromatic rings. The minimum atomic E-state index is -0.660. The van der Waals surface area contributed by atoms with Gasteiger partial charge >= 0.3 is 17.9 Å². The molecular weight excluding hydrogens is 452 g/mol. The summed E-state index contributed by atoms with van der Waals surface area (Å²) in [6.45, 7) is 6.69. The number of carbonyl (C=O) groups excluding carboxylic acids is 2. The highest BCUT2D eigenvalue weighted by Gasteiger charge is 2.65. The Balaban J connectivity index is 1.20. The van der Waals surface area contributed by atoms with Gasteiger partial charge in [0.05, 0.1) is 37.6 Å². The van der Waals surface area contributed by atoms with E-state index in [-0.39, 0.29) is 41.9 Å². The van der Waals surface area contributed by atoms with E-state index in [0.29, 0.717) is 67.9 Å². The zero-order valence-corrected chi connectivity index (χ0v) is 20.7. The molecule has 0 aromatic carbocycles. The molecule has 6 aliphatic rings. The minimum Gasteiger partial charge on any atom is -0.481 e. The Morgan fingerprint density at radius 2 is 1.66 bits per heavy atom.